The summed E-state index contributed by atoms with van der Waals surface area (Å²) in [6.07, 6.45) is -0.605. The standard InChI is InChI=1S/C10H12O3/c1-2-9(11)13-10(12)8-6-4-3-5-7-8/h3-7,9,11H,2H2,1H3. The van der Waals surface area contributed by atoms with Crippen molar-refractivity contribution in [2.75, 3.05) is 0 Å². The van der Waals surface area contributed by atoms with E-state index in [-0.39, 0.29) is 0 Å². The highest BCUT2D eigenvalue weighted by Crippen LogP contribution is 2.03. The Balaban J connectivity index is 2.59. The van der Waals surface area contributed by atoms with Gasteiger partial charge in [-0.25, -0.2) is 4.79 Å². The van der Waals surface area contributed by atoms with Crippen molar-refractivity contribution < 1.29 is 14.6 Å². The minimum Gasteiger partial charge on any atom is -0.432 e. The van der Waals surface area contributed by atoms with Gasteiger partial charge in [-0.15, -0.1) is 0 Å². The van der Waals surface area contributed by atoms with Gasteiger partial charge in [0, 0.05) is 6.42 Å². The minimum absolute atomic E-state index is 0.401. The van der Waals surface area contributed by atoms with Gasteiger partial charge in [0.2, 0.25) is 6.29 Å². The maximum atomic E-state index is 11.2. The van der Waals surface area contributed by atoms with E-state index < -0.39 is 12.3 Å². The van der Waals surface area contributed by atoms with Gasteiger partial charge in [0.15, 0.2) is 0 Å². The Kier molecular flexibility index (Phi) is 3.46. The summed E-state index contributed by atoms with van der Waals surface area (Å²) in [6.45, 7) is 1.74. The van der Waals surface area contributed by atoms with Crippen molar-refractivity contribution in [3.63, 3.8) is 0 Å². The number of esters is 1. The van der Waals surface area contributed by atoms with E-state index in [2.05, 4.69) is 0 Å². The smallest absolute Gasteiger partial charge is 0.340 e. The quantitative estimate of drug-likeness (QED) is 0.567. The molecule has 1 atom stereocenters. The summed E-state index contributed by atoms with van der Waals surface area (Å²) in [6, 6.07) is 8.59. The molecule has 0 aliphatic heterocycles. The molecule has 70 valence electrons. The molecule has 0 bridgehead atoms. The number of rotatable bonds is 3. The molecule has 0 aromatic heterocycles. The van der Waals surface area contributed by atoms with Gasteiger partial charge in [0.05, 0.1) is 5.56 Å². The zero-order valence-corrected chi connectivity index (χ0v) is 7.43. The number of benzene rings is 1. The molecule has 13 heavy (non-hydrogen) atoms. The molecule has 1 N–H and O–H groups in total. The van der Waals surface area contributed by atoms with E-state index in [1.807, 2.05) is 6.07 Å². The Morgan fingerprint density at radius 3 is 2.62 bits per heavy atom. The van der Waals surface area contributed by atoms with Gasteiger partial charge in [-0.1, -0.05) is 25.1 Å². The van der Waals surface area contributed by atoms with E-state index >= 15 is 0 Å². The summed E-state index contributed by atoms with van der Waals surface area (Å²) in [5.74, 6) is -0.491. The van der Waals surface area contributed by atoms with Crippen LogP contribution in [0.5, 0.6) is 0 Å². The van der Waals surface area contributed by atoms with Crippen molar-refractivity contribution in [1.82, 2.24) is 0 Å². The van der Waals surface area contributed by atoms with Crippen LogP contribution >= 0.6 is 0 Å². The van der Waals surface area contributed by atoms with Crippen molar-refractivity contribution in [2.24, 2.45) is 0 Å². The maximum Gasteiger partial charge on any atom is 0.340 e. The van der Waals surface area contributed by atoms with E-state index in [9.17, 15) is 4.79 Å². The van der Waals surface area contributed by atoms with Crippen LogP contribution in [0.15, 0.2) is 30.3 Å². The average Bonchev–Trinajstić information content (AvgIpc) is 2.19. The normalized spacial score (nSPS) is 12.2. The molecular formula is C10H12O3. The number of hydrogen-bond donors (Lipinski definition) is 1. The number of hydrogen-bond acceptors (Lipinski definition) is 3. The first kappa shape index (κ1) is 9.74. The molecule has 0 amide bonds. The highest BCUT2D eigenvalue weighted by Gasteiger charge is 2.10. The number of ether oxygens (including phenoxy) is 1. The topological polar surface area (TPSA) is 46.5 Å². The minimum atomic E-state index is -1.01. The maximum absolute atomic E-state index is 11.2. The van der Waals surface area contributed by atoms with Gasteiger partial charge in [-0.3, -0.25) is 0 Å². The molecule has 1 unspecified atom stereocenters. The molecule has 0 aliphatic rings. The van der Waals surface area contributed by atoms with Crippen LogP contribution in [0.25, 0.3) is 0 Å². The Morgan fingerprint density at radius 2 is 2.08 bits per heavy atom. The molecule has 0 aliphatic carbocycles. The first-order valence-electron chi connectivity index (χ1n) is 4.18. The predicted octanol–water partition coefficient (Wildman–Crippen LogP) is 1.57. The van der Waals surface area contributed by atoms with Crippen LogP contribution in [0.2, 0.25) is 0 Å². The molecule has 0 spiro atoms. The van der Waals surface area contributed by atoms with Crippen molar-refractivity contribution in [2.45, 2.75) is 19.6 Å². The number of aliphatic hydroxyl groups excluding tert-OH is 1. The molecule has 1 rings (SSSR count). The van der Waals surface area contributed by atoms with Crippen molar-refractivity contribution >= 4 is 5.97 Å². The number of aliphatic hydroxyl groups is 1. The first-order valence-corrected chi connectivity index (χ1v) is 4.18. The molecule has 1 aromatic rings. The van der Waals surface area contributed by atoms with E-state index in [0.29, 0.717) is 12.0 Å². The van der Waals surface area contributed by atoms with E-state index in [1.165, 1.54) is 0 Å². The fourth-order valence-electron chi connectivity index (χ4n) is 0.849. The van der Waals surface area contributed by atoms with E-state index in [4.69, 9.17) is 9.84 Å². The van der Waals surface area contributed by atoms with Gasteiger partial charge >= 0.3 is 5.97 Å². The lowest BCUT2D eigenvalue weighted by Gasteiger charge is -2.08. The second kappa shape index (κ2) is 4.62. The molecule has 3 heteroatoms. The van der Waals surface area contributed by atoms with Gasteiger partial charge in [0.1, 0.15) is 0 Å². The van der Waals surface area contributed by atoms with Crippen LogP contribution in [-0.2, 0) is 4.74 Å². The summed E-state index contributed by atoms with van der Waals surface area (Å²) in [5, 5.41) is 9.05. The number of carbonyl (C=O) groups is 1. The largest absolute Gasteiger partial charge is 0.432 e. The summed E-state index contributed by atoms with van der Waals surface area (Å²) < 4.78 is 4.70. The second-order valence-corrected chi connectivity index (χ2v) is 2.63. The summed E-state index contributed by atoms with van der Waals surface area (Å²) in [5.41, 5.74) is 0.454. The van der Waals surface area contributed by atoms with Gasteiger partial charge in [-0.05, 0) is 12.1 Å². The SMILES string of the molecule is CCC(O)OC(=O)c1ccccc1. The van der Waals surface area contributed by atoms with Crippen LogP contribution in [0.1, 0.15) is 23.7 Å². The molecule has 0 saturated carbocycles. The van der Waals surface area contributed by atoms with Gasteiger partial charge < -0.3 is 9.84 Å². The summed E-state index contributed by atoms with van der Waals surface area (Å²) >= 11 is 0. The zero-order chi connectivity index (χ0) is 9.68. The van der Waals surface area contributed by atoms with E-state index in [1.54, 1.807) is 31.2 Å². The van der Waals surface area contributed by atoms with Gasteiger partial charge in [-0.2, -0.15) is 0 Å². The lowest BCUT2D eigenvalue weighted by Crippen LogP contribution is -2.16. The van der Waals surface area contributed by atoms with Crippen LogP contribution in [-0.4, -0.2) is 17.4 Å². The molecular weight excluding hydrogens is 168 g/mol. The molecule has 0 fully saturated rings. The molecule has 0 heterocycles. The average molecular weight is 180 g/mol. The van der Waals surface area contributed by atoms with Crippen LogP contribution in [0.4, 0.5) is 0 Å². The Labute approximate surface area is 77.0 Å². The summed E-state index contributed by atoms with van der Waals surface area (Å²) in [4.78, 5) is 11.2. The Hall–Kier alpha value is -1.35. The third-order valence-electron chi connectivity index (χ3n) is 1.60. The van der Waals surface area contributed by atoms with Crippen LogP contribution in [0.3, 0.4) is 0 Å². The highest BCUT2D eigenvalue weighted by molar-refractivity contribution is 5.89. The second-order valence-electron chi connectivity index (χ2n) is 2.63. The predicted molar refractivity (Wildman–Crippen MR) is 48.2 cm³/mol. The molecule has 3 nitrogen and oxygen atoms in total. The zero-order valence-electron chi connectivity index (χ0n) is 7.43. The van der Waals surface area contributed by atoms with E-state index in [0.717, 1.165) is 0 Å². The molecule has 1 aromatic carbocycles. The lowest BCUT2D eigenvalue weighted by molar-refractivity contribution is -0.0656. The van der Waals surface area contributed by atoms with Crippen LogP contribution < -0.4 is 0 Å². The van der Waals surface area contributed by atoms with Crippen LogP contribution in [0, 0.1) is 0 Å². The first-order chi connectivity index (χ1) is 6.24. The Bertz CT molecular complexity index is 269. The van der Waals surface area contributed by atoms with Crippen molar-refractivity contribution in [3.05, 3.63) is 35.9 Å². The number of carbonyl (C=O) groups excluding carboxylic acids is 1. The fourth-order valence-corrected chi connectivity index (χ4v) is 0.849. The molecule has 0 saturated heterocycles. The third kappa shape index (κ3) is 2.87. The fraction of sp³-hybridized carbons (Fsp3) is 0.300. The Morgan fingerprint density at radius 1 is 1.46 bits per heavy atom. The van der Waals surface area contributed by atoms with Crippen molar-refractivity contribution in [3.8, 4) is 0 Å². The monoisotopic (exact) mass is 180 g/mol. The van der Waals surface area contributed by atoms with Gasteiger partial charge in [0.25, 0.3) is 0 Å². The molecule has 0 radical (unpaired) electrons. The third-order valence-corrected chi connectivity index (χ3v) is 1.60. The lowest BCUT2D eigenvalue weighted by atomic mass is 10.2. The highest BCUT2D eigenvalue weighted by atomic mass is 16.6. The van der Waals surface area contributed by atoms with Crippen molar-refractivity contribution in [1.29, 1.82) is 0 Å². The summed E-state index contributed by atoms with van der Waals surface area (Å²) in [7, 11) is 0.